The molecule has 0 unspecified atom stereocenters. The topological polar surface area (TPSA) is 72.5 Å². The highest BCUT2D eigenvalue weighted by atomic mass is 35.5. The molecule has 0 aliphatic rings. The number of nitrogens with two attached hydrogens (primary N) is 1. The molecule has 0 spiro atoms. The summed E-state index contributed by atoms with van der Waals surface area (Å²) in [5.74, 6) is -1.75. The minimum Gasteiger partial charge on any atom is -0.480 e. The van der Waals surface area contributed by atoms with E-state index in [-0.39, 0.29) is 23.9 Å². The van der Waals surface area contributed by atoms with Crippen LogP contribution in [0.3, 0.4) is 0 Å². The van der Waals surface area contributed by atoms with Crippen LogP contribution in [0.1, 0.15) is 5.56 Å². The van der Waals surface area contributed by atoms with Gasteiger partial charge in [-0.25, -0.2) is 0 Å². The molecule has 1 aromatic carbocycles. The number of benzene rings is 1. The van der Waals surface area contributed by atoms with Crippen LogP contribution in [0.2, 0.25) is 5.02 Å². The molecule has 108 valence electrons. The first-order valence-electron chi connectivity index (χ1n) is 4.71. The molecule has 0 aliphatic heterocycles. The molecule has 1 atom stereocenters. The number of carboxylic acid groups (broad SMARTS) is 1. The van der Waals surface area contributed by atoms with E-state index >= 15 is 0 Å². The molecule has 1 aromatic rings. The second-order valence-electron chi connectivity index (χ2n) is 3.46. The zero-order chi connectivity index (χ0) is 13.9. The number of hydrogen-bond acceptors (Lipinski definition) is 3. The molecule has 0 amide bonds. The summed E-state index contributed by atoms with van der Waals surface area (Å²) in [4.78, 5) is 10.5. The minimum atomic E-state index is -4.83. The lowest BCUT2D eigenvalue weighted by molar-refractivity contribution is -0.274. The molecule has 0 bridgehead atoms. The van der Waals surface area contributed by atoms with Crippen LogP contribution < -0.4 is 10.5 Å². The molecule has 0 fully saturated rings. The predicted molar refractivity (Wildman–Crippen MR) is 64.7 cm³/mol. The van der Waals surface area contributed by atoms with Crippen LogP contribution in [0.25, 0.3) is 0 Å². The number of ether oxygens (including phenoxy) is 1. The van der Waals surface area contributed by atoms with Gasteiger partial charge in [0.05, 0.1) is 5.02 Å². The van der Waals surface area contributed by atoms with E-state index in [0.29, 0.717) is 5.56 Å². The number of carboxylic acids is 1. The summed E-state index contributed by atoms with van der Waals surface area (Å²) in [6, 6.07) is 2.33. The minimum absolute atomic E-state index is 0. The maximum absolute atomic E-state index is 12.0. The van der Waals surface area contributed by atoms with Gasteiger partial charge in [0.1, 0.15) is 11.8 Å². The number of rotatable bonds is 4. The first-order chi connectivity index (χ1) is 8.19. The van der Waals surface area contributed by atoms with Gasteiger partial charge < -0.3 is 15.6 Å². The summed E-state index contributed by atoms with van der Waals surface area (Å²) >= 11 is 5.59. The van der Waals surface area contributed by atoms with Crippen molar-refractivity contribution < 1.29 is 27.8 Å². The van der Waals surface area contributed by atoms with Crippen molar-refractivity contribution in [2.45, 2.75) is 18.8 Å². The van der Waals surface area contributed by atoms with Crippen LogP contribution in [-0.2, 0) is 11.2 Å². The van der Waals surface area contributed by atoms with Gasteiger partial charge in [0.25, 0.3) is 0 Å². The summed E-state index contributed by atoms with van der Waals surface area (Å²) < 4.78 is 39.5. The summed E-state index contributed by atoms with van der Waals surface area (Å²) in [5.41, 5.74) is 5.69. The predicted octanol–water partition coefficient (Wildman–Crippen LogP) is 2.61. The average Bonchev–Trinajstić information content (AvgIpc) is 2.20. The second-order valence-corrected chi connectivity index (χ2v) is 3.87. The molecular formula is C10H10Cl2F3NO3. The summed E-state index contributed by atoms with van der Waals surface area (Å²) in [6.07, 6.45) is -4.87. The monoisotopic (exact) mass is 319 g/mol. The van der Waals surface area contributed by atoms with Crippen LogP contribution in [0.15, 0.2) is 18.2 Å². The van der Waals surface area contributed by atoms with Crippen molar-refractivity contribution in [2.24, 2.45) is 5.73 Å². The van der Waals surface area contributed by atoms with Gasteiger partial charge in [-0.05, 0) is 24.1 Å². The molecule has 0 heterocycles. The van der Waals surface area contributed by atoms with Gasteiger partial charge >= 0.3 is 12.3 Å². The van der Waals surface area contributed by atoms with Crippen molar-refractivity contribution in [1.29, 1.82) is 0 Å². The Morgan fingerprint density at radius 3 is 2.47 bits per heavy atom. The average molecular weight is 320 g/mol. The van der Waals surface area contributed by atoms with E-state index in [4.69, 9.17) is 22.4 Å². The maximum Gasteiger partial charge on any atom is 0.573 e. The van der Waals surface area contributed by atoms with E-state index < -0.39 is 24.1 Å². The number of halogens is 5. The van der Waals surface area contributed by atoms with Crippen molar-refractivity contribution in [1.82, 2.24) is 0 Å². The molecular weight excluding hydrogens is 310 g/mol. The van der Waals surface area contributed by atoms with E-state index in [9.17, 15) is 18.0 Å². The van der Waals surface area contributed by atoms with Gasteiger partial charge in [0.15, 0.2) is 0 Å². The fraction of sp³-hybridized carbons (Fsp3) is 0.300. The lowest BCUT2D eigenvalue weighted by Crippen LogP contribution is -2.32. The van der Waals surface area contributed by atoms with E-state index in [1.165, 1.54) is 12.1 Å². The Morgan fingerprint density at radius 2 is 2.05 bits per heavy atom. The summed E-state index contributed by atoms with van der Waals surface area (Å²) in [5, 5.41) is 8.33. The van der Waals surface area contributed by atoms with Gasteiger partial charge in [-0.3, -0.25) is 4.79 Å². The van der Waals surface area contributed by atoms with Crippen LogP contribution in [0.4, 0.5) is 13.2 Å². The molecule has 1 rings (SSSR count). The smallest absolute Gasteiger partial charge is 0.480 e. The van der Waals surface area contributed by atoms with Crippen molar-refractivity contribution in [3.05, 3.63) is 28.8 Å². The molecule has 9 heteroatoms. The van der Waals surface area contributed by atoms with Crippen molar-refractivity contribution in [2.75, 3.05) is 0 Å². The molecule has 19 heavy (non-hydrogen) atoms. The Hall–Kier alpha value is -1.18. The normalized spacial score (nSPS) is 12.5. The Labute approximate surface area is 117 Å². The second kappa shape index (κ2) is 6.83. The number of aliphatic carboxylic acids is 1. The quantitative estimate of drug-likeness (QED) is 0.894. The molecule has 3 N–H and O–H groups in total. The molecule has 0 aromatic heterocycles. The Morgan fingerprint density at radius 1 is 1.47 bits per heavy atom. The van der Waals surface area contributed by atoms with Crippen LogP contribution in [0, 0.1) is 0 Å². The largest absolute Gasteiger partial charge is 0.573 e. The Balaban J connectivity index is 0.00000324. The summed E-state index contributed by atoms with van der Waals surface area (Å²) in [6.45, 7) is 0. The first kappa shape index (κ1) is 17.8. The van der Waals surface area contributed by atoms with Crippen LogP contribution in [0.5, 0.6) is 5.75 Å². The molecule has 0 saturated heterocycles. The van der Waals surface area contributed by atoms with Gasteiger partial charge in [-0.2, -0.15) is 0 Å². The van der Waals surface area contributed by atoms with E-state index in [2.05, 4.69) is 4.74 Å². The molecule has 0 radical (unpaired) electrons. The third-order valence-corrected chi connectivity index (χ3v) is 2.29. The lowest BCUT2D eigenvalue weighted by Gasteiger charge is -2.12. The Kier molecular flexibility index (Phi) is 6.41. The van der Waals surface area contributed by atoms with Gasteiger partial charge in [0.2, 0.25) is 0 Å². The fourth-order valence-corrected chi connectivity index (χ4v) is 1.46. The first-order valence-corrected chi connectivity index (χ1v) is 5.09. The number of hydrogen-bond donors (Lipinski definition) is 2. The van der Waals surface area contributed by atoms with Crippen molar-refractivity contribution >= 4 is 30.0 Å². The van der Waals surface area contributed by atoms with Gasteiger partial charge in [-0.1, -0.05) is 17.7 Å². The number of carbonyl (C=O) groups is 1. The van der Waals surface area contributed by atoms with E-state index in [1.807, 2.05) is 0 Å². The summed E-state index contributed by atoms with van der Waals surface area (Å²) in [7, 11) is 0. The lowest BCUT2D eigenvalue weighted by atomic mass is 10.1. The molecule has 4 nitrogen and oxygen atoms in total. The van der Waals surface area contributed by atoms with E-state index in [0.717, 1.165) is 6.07 Å². The molecule has 0 aliphatic carbocycles. The SMILES string of the molecule is Cl.N[C@@H](Cc1ccc(OC(F)(F)F)c(Cl)c1)C(=O)O. The van der Waals surface area contributed by atoms with Crippen molar-refractivity contribution in [3.8, 4) is 5.75 Å². The zero-order valence-electron chi connectivity index (χ0n) is 9.28. The van der Waals surface area contributed by atoms with E-state index in [1.54, 1.807) is 0 Å². The number of alkyl halides is 3. The Bertz CT molecular complexity index is 454. The molecule has 0 saturated carbocycles. The van der Waals surface area contributed by atoms with Crippen LogP contribution >= 0.6 is 24.0 Å². The van der Waals surface area contributed by atoms with Gasteiger partial charge in [-0.15, -0.1) is 25.6 Å². The third-order valence-electron chi connectivity index (χ3n) is 1.99. The van der Waals surface area contributed by atoms with Crippen molar-refractivity contribution in [3.63, 3.8) is 0 Å². The standard InChI is InChI=1S/C10H9ClF3NO3.ClH/c11-6-3-5(4-7(15)9(16)17)1-2-8(6)18-10(12,13)14;/h1-3,7H,4,15H2,(H,16,17);1H/t7-;/m0./s1. The fourth-order valence-electron chi connectivity index (χ4n) is 1.22. The van der Waals surface area contributed by atoms with Crippen LogP contribution in [-0.4, -0.2) is 23.5 Å². The maximum atomic E-state index is 12.0. The highest BCUT2D eigenvalue weighted by Crippen LogP contribution is 2.30. The third kappa shape index (κ3) is 6.00. The zero-order valence-corrected chi connectivity index (χ0v) is 10.9. The highest BCUT2D eigenvalue weighted by Gasteiger charge is 2.32. The highest BCUT2D eigenvalue weighted by molar-refractivity contribution is 6.32. The van der Waals surface area contributed by atoms with Gasteiger partial charge in [0, 0.05) is 0 Å².